The highest BCUT2D eigenvalue weighted by Crippen LogP contribution is 2.26. The van der Waals surface area contributed by atoms with Crippen LogP contribution in [0.15, 0.2) is 28.7 Å². The molecule has 2 rings (SSSR count). The molecule has 0 aliphatic heterocycles. The molecule has 0 bridgehead atoms. The van der Waals surface area contributed by atoms with Crippen LogP contribution in [-0.2, 0) is 0 Å². The van der Waals surface area contributed by atoms with E-state index < -0.39 is 0 Å². The van der Waals surface area contributed by atoms with Crippen LogP contribution in [0.4, 0.5) is 0 Å². The second-order valence-corrected chi connectivity index (χ2v) is 4.74. The van der Waals surface area contributed by atoms with Crippen molar-refractivity contribution in [3.8, 4) is 0 Å². The molecule has 0 aliphatic rings. The lowest BCUT2D eigenvalue weighted by molar-refractivity contribution is 0.239. The summed E-state index contributed by atoms with van der Waals surface area (Å²) in [5.74, 6) is 0.850. The molecule has 1 heterocycles. The minimum absolute atomic E-state index is 0.0433. The summed E-state index contributed by atoms with van der Waals surface area (Å²) in [4.78, 5) is 0. The maximum atomic E-state index is 9.00. The summed E-state index contributed by atoms with van der Waals surface area (Å²) in [5, 5.41) is 13.9. The Labute approximate surface area is 105 Å². The Bertz CT molecular complexity index is 509. The van der Waals surface area contributed by atoms with Crippen LogP contribution in [0.25, 0.3) is 11.0 Å². The largest absolute Gasteiger partial charge is 0.459 e. The van der Waals surface area contributed by atoms with Crippen LogP contribution in [-0.4, -0.2) is 17.8 Å². The van der Waals surface area contributed by atoms with Crippen molar-refractivity contribution < 1.29 is 9.52 Å². The molecule has 0 radical (unpaired) electrons. The van der Waals surface area contributed by atoms with Crippen LogP contribution in [0.5, 0.6) is 0 Å². The van der Waals surface area contributed by atoms with Crippen molar-refractivity contribution in [3.05, 3.63) is 35.0 Å². The number of fused-ring (bicyclic) bond motifs is 1. The summed E-state index contributed by atoms with van der Waals surface area (Å²) < 4.78 is 5.73. The van der Waals surface area contributed by atoms with Gasteiger partial charge in [-0.1, -0.05) is 11.6 Å². The zero-order valence-electron chi connectivity index (χ0n) is 9.90. The SMILES string of the molecule is C[C@H](N[C@@H](C)CO)c1cc2cc(Cl)ccc2o1. The second kappa shape index (κ2) is 5.08. The van der Waals surface area contributed by atoms with Gasteiger partial charge in [-0.05, 0) is 38.1 Å². The van der Waals surface area contributed by atoms with E-state index in [4.69, 9.17) is 21.1 Å². The first kappa shape index (κ1) is 12.4. The summed E-state index contributed by atoms with van der Waals surface area (Å²) in [7, 11) is 0. The molecule has 0 unspecified atom stereocenters. The number of halogens is 1. The molecular weight excluding hydrogens is 238 g/mol. The van der Waals surface area contributed by atoms with Gasteiger partial charge in [0.1, 0.15) is 11.3 Å². The average molecular weight is 254 g/mol. The van der Waals surface area contributed by atoms with Gasteiger partial charge < -0.3 is 14.8 Å². The molecule has 4 heteroatoms. The van der Waals surface area contributed by atoms with Gasteiger partial charge in [-0.3, -0.25) is 0 Å². The fourth-order valence-corrected chi connectivity index (χ4v) is 1.99. The molecule has 2 aromatic rings. The van der Waals surface area contributed by atoms with E-state index in [0.29, 0.717) is 5.02 Å². The van der Waals surface area contributed by atoms with Crippen molar-refractivity contribution in [1.29, 1.82) is 0 Å². The van der Waals surface area contributed by atoms with Gasteiger partial charge in [0.15, 0.2) is 0 Å². The summed E-state index contributed by atoms with van der Waals surface area (Å²) in [6.07, 6.45) is 0. The highest BCUT2D eigenvalue weighted by molar-refractivity contribution is 6.31. The van der Waals surface area contributed by atoms with Crippen LogP contribution in [0.2, 0.25) is 5.02 Å². The lowest BCUT2D eigenvalue weighted by atomic mass is 10.2. The number of hydrogen-bond acceptors (Lipinski definition) is 3. The minimum atomic E-state index is 0.0433. The number of nitrogens with one attached hydrogen (secondary N) is 1. The van der Waals surface area contributed by atoms with Crippen LogP contribution >= 0.6 is 11.6 Å². The molecule has 0 fully saturated rings. The Morgan fingerprint density at radius 3 is 2.82 bits per heavy atom. The smallest absolute Gasteiger partial charge is 0.134 e. The topological polar surface area (TPSA) is 45.4 Å². The Morgan fingerprint density at radius 2 is 2.12 bits per heavy atom. The standard InChI is InChI=1S/C13H16ClNO2/c1-8(7-16)15-9(2)13-6-10-5-11(14)3-4-12(10)17-13/h3-6,8-9,15-16H,7H2,1-2H3/t8-,9-/m0/s1. The van der Waals surface area contributed by atoms with Gasteiger partial charge in [-0.15, -0.1) is 0 Å². The lowest BCUT2D eigenvalue weighted by Gasteiger charge is -2.15. The number of hydrogen-bond donors (Lipinski definition) is 2. The molecule has 1 aromatic carbocycles. The van der Waals surface area contributed by atoms with Gasteiger partial charge in [-0.25, -0.2) is 0 Å². The van der Waals surface area contributed by atoms with Crippen molar-refractivity contribution in [2.45, 2.75) is 25.9 Å². The Morgan fingerprint density at radius 1 is 1.35 bits per heavy atom. The summed E-state index contributed by atoms with van der Waals surface area (Å²) in [5.41, 5.74) is 0.828. The monoisotopic (exact) mass is 253 g/mol. The molecular formula is C13H16ClNO2. The molecule has 0 amide bonds. The minimum Gasteiger partial charge on any atom is -0.459 e. The van der Waals surface area contributed by atoms with Crippen molar-refractivity contribution in [2.24, 2.45) is 0 Å². The predicted molar refractivity (Wildman–Crippen MR) is 69.3 cm³/mol. The molecule has 1 aromatic heterocycles. The molecule has 2 N–H and O–H groups in total. The molecule has 0 spiro atoms. The van der Waals surface area contributed by atoms with Crippen LogP contribution in [0.1, 0.15) is 25.6 Å². The van der Waals surface area contributed by atoms with Crippen molar-refractivity contribution in [2.75, 3.05) is 6.61 Å². The quantitative estimate of drug-likeness (QED) is 0.880. The zero-order chi connectivity index (χ0) is 12.4. The van der Waals surface area contributed by atoms with E-state index in [1.54, 1.807) is 0 Å². The molecule has 2 atom stereocenters. The zero-order valence-corrected chi connectivity index (χ0v) is 10.7. The van der Waals surface area contributed by atoms with Gasteiger partial charge in [-0.2, -0.15) is 0 Å². The van der Waals surface area contributed by atoms with Gasteiger partial charge in [0.05, 0.1) is 12.6 Å². The Kier molecular flexibility index (Phi) is 3.72. The molecule has 92 valence electrons. The van der Waals surface area contributed by atoms with Gasteiger partial charge in [0, 0.05) is 16.5 Å². The van der Waals surface area contributed by atoms with Crippen molar-refractivity contribution >= 4 is 22.6 Å². The first-order chi connectivity index (χ1) is 8.10. The van der Waals surface area contributed by atoms with E-state index in [2.05, 4.69) is 5.32 Å². The lowest BCUT2D eigenvalue weighted by Crippen LogP contribution is -2.31. The first-order valence-electron chi connectivity index (χ1n) is 5.66. The van der Waals surface area contributed by atoms with E-state index >= 15 is 0 Å². The number of rotatable bonds is 4. The highest BCUT2D eigenvalue weighted by atomic mass is 35.5. The van der Waals surface area contributed by atoms with Crippen LogP contribution in [0.3, 0.4) is 0 Å². The Hall–Kier alpha value is -1.03. The molecule has 3 nitrogen and oxygen atoms in total. The summed E-state index contributed by atoms with van der Waals surface area (Å²) in [6.45, 7) is 4.04. The van der Waals surface area contributed by atoms with Crippen LogP contribution < -0.4 is 5.32 Å². The fraction of sp³-hybridized carbons (Fsp3) is 0.385. The molecule has 0 saturated carbocycles. The van der Waals surface area contributed by atoms with Crippen molar-refractivity contribution in [1.82, 2.24) is 5.32 Å². The number of aliphatic hydroxyl groups is 1. The van der Waals surface area contributed by atoms with Crippen LogP contribution in [0, 0.1) is 0 Å². The highest BCUT2D eigenvalue weighted by Gasteiger charge is 2.13. The van der Waals surface area contributed by atoms with Gasteiger partial charge in [0.2, 0.25) is 0 Å². The van der Waals surface area contributed by atoms with E-state index in [-0.39, 0.29) is 18.7 Å². The van der Waals surface area contributed by atoms with E-state index in [1.807, 2.05) is 38.1 Å². The third-order valence-corrected chi connectivity index (χ3v) is 2.97. The molecule has 0 aliphatic carbocycles. The predicted octanol–water partition coefficient (Wildman–Crippen LogP) is 3.12. The second-order valence-electron chi connectivity index (χ2n) is 4.30. The van der Waals surface area contributed by atoms with E-state index in [9.17, 15) is 0 Å². The van der Waals surface area contributed by atoms with E-state index in [1.165, 1.54) is 0 Å². The fourth-order valence-electron chi connectivity index (χ4n) is 1.81. The Balaban J connectivity index is 2.24. The normalized spacial score (nSPS) is 15.1. The maximum Gasteiger partial charge on any atom is 0.134 e. The maximum absolute atomic E-state index is 9.00. The van der Waals surface area contributed by atoms with E-state index in [0.717, 1.165) is 16.7 Å². The number of benzene rings is 1. The summed E-state index contributed by atoms with van der Waals surface area (Å²) >= 11 is 5.92. The first-order valence-corrected chi connectivity index (χ1v) is 6.04. The number of aliphatic hydroxyl groups excluding tert-OH is 1. The third-order valence-electron chi connectivity index (χ3n) is 2.73. The average Bonchev–Trinajstić information content (AvgIpc) is 2.71. The van der Waals surface area contributed by atoms with Gasteiger partial charge in [0.25, 0.3) is 0 Å². The molecule has 17 heavy (non-hydrogen) atoms. The van der Waals surface area contributed by atoms with Crippen molar-refractivity contribution in [3.63, 3.8) is 0 Å². The molecule has 0 saturated heterocycles. The third kappa shape index (κ3) is 2.80. The number of furan rings is 1. The summed E-state index contributed by atoms with van der Waals surface area (Å²) in [6, 6.07) is 7.63. The van der Waals surface area contributed by atoms with Gasteiger partial charge >= 0.3 is 0 Å².